The average Bonchev–Trinajstić information content (AvgIpc) is 2.76. The molecule has 0 saturated heterocycles. The first-order valence-electron chi connectivity index (χ1n) is 5.11. The van der Waals surface area contributed by atoms with E-state index in [9.17, 15) is 13.2 Å². The van der Waals surface area contributed by atoms with Gasteiger partial charge in [0.25, 0.3) is 10.0 Å². The van der Waals surface area contributed by atoms with Crippen LogP contribution in [0.4, 0.5) is 0 Å². The number of aromatic carboxylic acids is 1. The van der Waals surface area contributed by atoms with Crippen molar-refractivity contribution < 1.29 is 18.3 Å². The fourth-order valence-corrected chi connectivity index (χ4v) is 3.98. The van der Waals surface area contributed by atoms with Gasteiger partial charge in [-0.3, -0.25) is 0 Å². The third-order valence-electron chi connectivity index (χ3n) is 2.64. The highest BCUT2D eigenvalue weighted by Gasteiger charge is 2.26. The van der Waals surface area contributed by atoms with Gasteiger partial charge >= 0.3 is 5.97 Å². The van der Waals surface area contributed by atoms with Crippen LogP contribution in [0.5, 0.6) is 0 Å². The predicted octanol–water partition coefficient (Wildman–Crippen LogP) is 1.87. The van der Waals surface area contributed by atoms with E-state index in [0.29, 0.717) is 6.42 Å². The summed E-state index contributed by atoms with van der Waals surface area (Å²) >= 11 is 0.775. The molecule has 1 atom stereocenters. The Morgan fingerprint density at radius 1 is 1.53 bits per heavy atom. The monoisotopic (exact) mass is 277 g/mol. The molecule has 7 heteroatoms. The van der Waals surface area contributed by atoms with Crippen molar-refractivity contribution in [2.75, 3.05) is 7.05 Å². The Balaban J connectivity index is 3.09. The molecule has 1 aromatic rings. The molecule has 0 aromatic carbocycles. The molecular formula is C10H15NO4S2. The Morgan fingerprint density at radius 3 is 2.53 bits per heavy atom. The molecule has 1 heterocycles. The van der Waals surface area contributed by atoms with Gasteiger partial charge in [-0.1, -0.05) is 6.92 Å². The van der Waals surface area contributed by atoms with E-state index < -0.39 is 16.0 Å². The Labute approximate surface area is 105 Å². The second-order valence-electron chi connectivity index (χ2n) is 3.70. The summed E-state index contributed by atoms with van der Waals surface area (Å²) in [5.41, 5.74) is 0. The molecule has 96 valence electrons. The van der Waals surface area contributed by atoms with E-state index in [1.807, 2.05) is 13.8 Å². The van der Waals surface area contributed by atoms with Gasteiger partial charge in [-0.2, -0.15) is 4.31 Å². The highest BCUT2D eigenvalue weighted by atomic mass is 32.2. The van der Waals surface area contributed by atoms with Crippen LogP contribution < -0.4 is 0 Å². The maximum atomic E-state index is 12.1. The fourth-order valence-electron chi connectivity index (χ4n) is 1.21. The second kappa shape index (κ2) is 5.16. The third-order valence-corrected chi connectivity index (χ3v) is 6.15. The van der Waals surface area contributed by atoms with E-state index in [-0.39, 0.29) is 15.1 Å². The summed E-state index contributed by atoms with van der Waals surface area (Å²) in [5, 5.41) is 8.76. The van der Waals surface area contributed by atoms with Crippen LogP contribution in [0, 0.1) is 0 Å². The summed E-state index contributed by atoms with van der Waals surface area (Å²) in [4.78, 5) is 10.7. The van der Waals surface area contributed by atoms with Gasteiger partial charge in [0.15, 0.2) is 0 Å². The van der Waals surface area contributed by atoms with E-state index >= 15 is 0 Å². The molecule has 5 nitrogen and oxygen atoms in total. The largest absolute Gasteiger partial charge is 0.477 e. The van der Waals surface area contributed by atoms with Crippen LogP contribution in [0.15, 0.2) is 16.3 Å². The van der Waals surface area contributed by atoms with Gasteiger partial charge < -0.3 is 5.11 Å². The zero-order chi connectivity index (χ0) is 13.2. The zero-order valence-electron chi connectivity index (χ0n) is 9.87. The third kappa shape index (κ3) is 2.85. The maximum Gasteiger partial charge on any atom is 0.345 e. The van der Waals surface area contributed by atoms with Crippen molar-refractivity contribution in [1.82, 2.24) is 4.31 Å². The molecule has 0 amide bonds. The van der Waals surface area contributed by atoms with Crippen LogP contribution >= 0.6 is 11.3 Å². The van der Waals surface area contributed by atoms with Crippen molar-refractivity contribution in [2.24, 2.45) is 0 Å². The number of hydrogen-bond donors (Lipinski definition) is 1. The van der Waals surface area contributed by atoms with Crippen LogP contribution in [0.25, 0.3) is 0 Å². The molecule has 1 rings (SSSR count). The van der Waals surface area contributed by atoms with Gasteiger partial charge in [0.2, 0.25) is 0 Å². The van der Waals surface area contributed by atoms with Crippen LogP contribution in [0.3, 0.4) is 0 Å². The standard InChI is InChI=1S/C10H15NO4S2/c1-4-7(2)11(3)17(14,15)9-6-5-8(16-9)10(12)13/h5-7H,4H2,1-3H3,(H,12,13). The molecule has 0 aliphatic heterocycles. The summed E-state index contributed by atoms with van der Waals surface area (Å²) in [7, 11) is -2.07. The number of carboxylic acid groups (broad SMARTS) is 1. The molecule has 1 N–H and O–H groups in total. The fraction of sp³-hybridized carbons (Fsp3) is 0.500. The van der Waals surface area contributed by atoms with Crippen LogP contribution in [-0.4, -0.2) is 36.9 Å². The van der Waals surface area contributed by atoms with Crippen molar-refractivity contribution in [3.05, 3.63) is 17.0 Å². The summed E-state index contributed by atoms with van der Waals surface area (Å²) in [6.07, 6.45) is 0.701. The van der Waals surface area contributed by atoms with E-state index in [1.54, 1.807) is 0 Å². The lowest BCUT2D eigenvalue weighted by atomic mass is 10.3. The minimum atomic E-state index is -3.57. The lowest BCUT2D eigenvalue weighted by Gasteiger charge is -2.22. The maximum absolute atomic E-state index is 12.1. The molecule has 0 bridgehead atoms. The van der Waals surface area contributed by atoms with Crippen molar-refractivity contribution in [3.63, 3.8) is 0 Å². The van der Waals surface area contributed by atoms with Crippen molar-refractivity contribution in [3.8, 4) is 0 Å². The predicted molar refractivity (Wildman–Crippen MR) is 66.0 cm³/mol. The molecule has 0 fully saturated rings. The van der Waals surface area contributed by atoms with Gasteiger partial charge in [0, 0.05) is 13.1 Å². The van der Waals surface area contributed by atoms with Crippen LogP contribution in [0.2, 0.25) is 0 Å². The lowest BCUT2D eigenvalue weighted by molar-refractivity contribution is 0.0702. The van der Waals surface area contributed by atoms with Gasteiger partial charge in [0.1, 0.15) is 9.09 Å². The number of carboxylic acids is 1. The molecule has 0 aliphatic rings. The summed E-state index contributed by atoms with van der Waals surface area (Å²) in [6, 6.07) is 2.53. The van der Waals surface area contributed by atoms with Gasteiger partial charge in [-0.15, -0.1) is 11.3 Å². The van der Waals surface area contributed by atoms with Crippen molar-refractivity contribution >= 4 is 27.3 Å². The SMILES string of the molecule is CCC(C)N(C)S(=O)(=O)c1ccc(C(=O)O)s1. The van der Waals surface area contributed by atoms with Crippen molar-refractivity contribution in [1.29, 1.82) is 0 Å². The van der Waals surface area contributed by atoms with Crippen LogP contribution in [-0.2, 0) is 10.0 Å². The quantitative estimate of drug-likeness (QED) is 0.891. The Hall–Kier alpha value is -0.920. The molecule has 0 saturated carbocycles. The first kappa shape index (κ1) is 14.1. The van der Waals surface area contributed by atoms with Crippen LogP contribution in [0.1, 0.15) is 29.9 Å². The zero-order valence-corrected chi connectivity index (χ0v) is 11.5. The number of hydrogen-bond acceptors (Lipinski definition) is 4. The summed E-state index contributed by atoms with van der Waals surface area (Å²) < 4.78 is 25.6. The summed E-state index contributed by atoms with van der Waals surface area (Å²) in [5.74, 6) is -1.11. The second-order valence-corrected chi connectivity index (χ2v) is 7.01. The minimum Gasteiger partial charge on any atom is -0.477 e. The van der Waals surface area contributed by atoms with Gasteiger partial charge in [-0.25, -0.2) is 13.2 Å². The number of rotatable bonds is 5. The number of thiophene rings is 1. The van der Waals surface area contributed by atoms with Gasteiger partial charge in [0.05, 0.1) is 0 Å². The first-order chi connectivity index (χ1) is 7.80. The average molecular weight is 277 g/mol. The van der Waals surface area contributed by atoms with Gasteiger partial charge in [-0.05, 0) is 25.5 Å². The Bertz CT molecular complexity index is 506. The van der Waals surface area contributed by atoms with E-state index in [4.69, 9.17) is 5.11 Å². The molecule has 1 unspecified atom stereocenters. The number of carbonyl (C=O) groups is 1. The highest BCUT2D eigenvalue weighted by molar-refractivity contribution is 7.91. The van der Waals surface area contributed by atoms with E-state index in [2.05, 4.69) is 0 Å². The Morgan fingerprint density at radius 2 is 2.12 bits per heavy atom. The molecule has 0 radical (unpaired) electrons. The first-order valence-corrected chi connectivity index (χ1v) is 7.37. The van der Waals surface area contributed by atoms with Crippen molar-refractivity contribution in [2.45, 2.75) is 30.5 Å². The Kier molecular flexibility index (Phi) is 4.29. The molecule has 1 aromatic heterocycles. The molecule has 0 spiro atoms. The lowest BCUT2D eigenvalue weighted by Crippen LogP contribution is -2.34. The molecular weight excluding hydrogens is 262 g/mol. The normalized spacial score (nSPS) is 13.9. The number of sulfonamides is 1. The number of nitrogens with zero attached hydrogens (tertiary/aromatic N) is 1. The smallest absolute Gasteiger partial charge is 0.345 e. The topological polar surface area (TPSA) is 74.7 Å². The molecule has 17 heavy (non-hydrogen) atoms. The van der Waals surface area contributed by atoms with E-state index in [1.165, 1.54) is 23.5 Å². The molecule has 0 aliphatic carbocycles. The minimum absolute atomic E-state index is 0.0288. The summed E-state index contributed by atoms with van der Waals surface area (Å²) in [6.45, 7) is 3.71. The highest BCUT2D eigenvalue weighted by Crippen LogP contribution is 2.25. The van der Waals surface area contributed by atoms with E-state index in [0.717, 1.165) is 11.3 Å².